The number of nitrogen functional groups attached to an aromatic ring is 1. The average Bonchev–Trinajstić information content (AvgIpc) is 2.32. The van der Waals surface area contributed by atoms with Crippen molar-refractivity contribution in [3.63, 3.8) is 0 Å². The van der Waals surface area contributed by atoms with Gasteiger partial charge in [0.15, 0.2) is 0 Å². The van der Waals surface area contributed by atoms with Crippen molar-refractivity contribution in [3.05, 3.63) is 29.6 Å². The fraction of sp³-hybridized carbons (Fsp3) is 0.417. The summed E-state index contributed by atoms with van der Waals surface area (Å²) < 4.78 is 18.0. The fourth-order valence-electron chi connectivity index (χ4n) is 1.39. The number of aliphatic hydroxyl groups excluding tert-OH is 1. The Balaban J connectivity index is 2.32. The maximum Gasteiger partial charge on any atom is 0.251 e. The summed E-state index contributed by atoms with van der Waals surface area (Å²) in [4.78, 5) is 11.6. The number of carbonyl (C=O) groups excluding carboxylic acids is 1. The highest BCUT2D eigenvalue weighted by atomic mass is 19.1. The predicted octanol–water partition coefficient (Wildman–Crippen LogP) is 0.537. The summed E-state index contributed by atoms with van der Waals surface area (Å²) in [7, 11) is 0. The van der Waals surface area contributed by atoms with Crippen LogP contribution in [0.3, 0.4) is 0 Å². The Bertz CT molecular complexity index is 379. The number of nitrogens with two attached hydrogens (primary N) is 1. The molecule has 1 aromatic rings. The Kier molecular flexibility index (Phi) is 6.10. The van der Waals surface area contributed by atoms with E-state index in [2.05, 4.69) is 5.32 Å². The molecule has 6 heteroatoms. The number of hydrogen-bond donors (Lipinski definition) is 3. The van der Waals surface area contributed by atoms with Crippen LogP contribution in [-0.2, 0) is 4.74 Å². The maximum atomic E-state index is 13.0. The van der Waals surface area contributed by atoms with Crippen LogP contribution in [0.5, 0.6) is 0 Å². The molecule has 0 aliphatic heterocycles. The summed E-state index contributed by atoms with van der Waals surface area (Å²) in [5.74, 6) is -0.908. The van der Waals surface area contributed by atoms with Crippen molar-refractivity contribution in [3.8, 4) is 0 Å². The SMILES string of the molecule is Nc1cc(F)cc(C(=O)NCCCOCCO)c1. The van der Waals surface area contributed by atoms with Crippen LogP contribution in [0.25, 0.3) is 0 Å². The summed E-state index contributed by atoms with van der Waals surface area (Å²) >= 11 is 0. The first-order chi connectivity index (χ1) is 8.63. The third-order valence-corrected chi connectivity index (χ3v) is 2.17. The number of nitrogens with one attached hydrogen (secondary N) is 1. The van der Waals surface area contributed by atoms with Crippen LogP contribution in [0.2, 0.25) is 0 Å². The number of carbonyl (C=O) groups is 1. The monoisotopic (exact) mass is 256 g/mol. The molecule has 0 aliphatic rings. The second kappa shape index (κ2) is 7.62. The Morgan fingerprint density at radius 2 is 2.17 bits per heavy atom. The topological polar surface area (TPSA) is 84.6 Å². The van der Waals surface area contributed by atoms with Gasteiger partial charge in [0.25, 0.3) is 5.91 Å². The number of benzene rings is 1. The fourth-order valence-corrected chi connectivity index (χ4v) is 1.39. The van der Waals surface area contributed by atoms with Gasteiger partial charge in [0.05, 0.1) is 13.2 Å². The number of amides is 1. The zero-order valence-corrected chi connectivity index (χ0v) is 9.99. The lowest BCUT2D eigenvalue weighted by Gasteiger charge is -2.06. The first-order valence-electron chi connectivity index (χ1n) is 5.66. The van der Waals surface area contributed by atoms with Gasteiger partial charge in [0.2, 0.25) is 0 Å². The molecule has 1 aromatic carbocycles. The van der Waals surface area contributed by atoms with Crippen molar-refractivity contribution in [2.75, 3.05) is 32.1 Å². The molecule has 0 unspecified atom stereocenters. The molecule has 1 rings (SSSR count). The van der Waals surface area contributed by atoms with Crippen molar-refractivity contribution in [1.29, 1.82) is 0 Å². The number of anilines is 1. The third-order valence-electron chi connectivity index (χ3n) is 2.17. The number of ether oxygens (including phenoxy) is 1. The van der Waals surface area contributed by atoms with E-state index in [-0.39, 0.29) is 30.4 Å². The molecule has 0 fully saturated rings. The summed E-state index contributed by atoms with van der Waals surface area (Å²) in [5.41, 5.74) is 5.86. The van der Waals surface area contributed by atoms with Crippen LogP contribution < -0.4 is 11.1 Å². The van der Waals surface area contributed by atoms with Gasteiger partial charge < -0.3 is 20.9 Å². The highest BCUT2D eigenvalue weighted by Gasteiger charge is 2.07. The highest BCUT2D eigenvalue weighted by molar-refractivity contribution is 5.95. The van der Waals surface area contributed by atoms with E-state index in [1.807, 2.05) is 0 Å². The standard InChI is InChI=1S/C12H17FN2O3/c13-10-6-9(7-11(14)8-10)12(17)15-2-1-4-18-5-3-16/h6-8,16H,1-5,14H2,(H,15,17). The number of aliphatic hydroxyl groups is 1. The number of hydrogen-bond acceptors (Lipinski definition) is 4. The normalized spacial score (nSPS) is 10.3. The van der Waals surface area contributed by atoms with Crippen LogP contribution in [0.4, 0.5) is 10.1 Å². The molecule has 0 spiro atoms. The third kappa shape index (κ3) is 5.11. The molecule has 0 bridgehead atoms. The molecule has 0 atom stereocenters. The molecular formula is C12H17FN2O3. The zero-order valence-electron chi connectivity index (χ0n) is 9.99. The minimum absolute atomic E-state index is 0.0189. The van der Waals surface area contributed by atoms with Gasteiger partial charge in [-0.25, -0.2) is 4.39 Å². The van der Waals surface area contributed by atoms with E-state index in [1.165, 1.54) is 6.07 Å². The molecule has 18 heavy (non-hydrogen) atoms. The van der Waals surface area contributed by atoms with Gasteiger partial charge in [0.1, 0.15) is 5.82 Å². The first kappa shape index (κ1) is 14.4. The molecule has 0 saturated heterocycles. The minimum Gasteiger partial charge on any atom is -0.399 e. The Morgan fingerprint density at radius 1 is 1.39 bits per heavy atom. The summed E-state index contributed by atoms with van der Waals surface area (Å²) in [6.45, 7) is 1.14. The quantitative estimate of drug-likeness (QED) is 0.491. The largest absolute Gasteiger partial charge is 0.399 e. The van der Waals surface area contributed by atoms with E-state index < -0.39 is 5.82 Å². The molecule has 0 saturated carbocycles. The highest BCUT2D eigenvalue weighted by Crippen LogP contribution is 2.10. The molecule has 1 amide bonds. The summed E-state index contributed by atoms with van der Waals surface area (Å²) in [6, 6.07) is 3.70. The van der Waals surface area contributed by atoms with Crippen molar-refractivity contribution < 1.29 is 19.0 Å². The van der Waals surface area contributed by atoms with Crippen LogP contribution >= 0.6 is 0 Å². The lowest BCUT2D eigenvalue weighted by atomic mass is 10.2. The first-order valence-corrected chi connectivity index (χ1v) is 5.66. The lowest BCUT2D eigenvalue weighted by Crippen LogP contribution is -2.25. The molecule has 5 nitrogen and oxygen atoms in total. The molecule has 4 N–H and O–H groups in total. The van der Waals surface area contributed by atoms with E-state index in [9.17, 15) is 9.18 Å². The molecule has 0 aliphatic carbocycles. The Hall–Kier alpha value is -1.66. The predicted molar refractivity (Wildman–Crippen MR) is 65.7 cm³/mol. The molecular weight excluding hydrogens is 239 g/mol. The second-order valence-electron chi connectivity index (χ2n) is 3.72. The van der Waals surface area contributed by atoms with Gasteiger partial charge in [-0.3, -0.25) is 4.79 Å². The maximum absolute atomic E-state index is 13.0. The van der Waals surface area contributed by atoms with E-state index in [4.69, 9.17) is 15.6 Å². The van der Waals surface area contributed by atoms with Gasteiger partial charge >= 0.3 is 0 Å². The number of halogens is 1. The van der Waals surface area contributed by atoms with Gasteiger partial charge in [-0.05, 0) is 24.6 Å². The van der Waals surface area contributed by atoms with Crippen molar-refractivity contribution in [2.45, 2.75) is 6.42 Å². The van der Waals surface area contributed by atoms with E-state index >= 15 is 0 Å². The molecule has 0 aromatic heterocycles. The molecule has 100 valence electrons. The van der Waals surface area contributed by atoms with Crippen LogP contribution in [-0.4, -0.2) is 37.4 Å². The molecule has 0 heterocycles. The molecule has 0 radical (unpaired) electrons. The Labute approximate surface area is 105 Å². The van der Waals surface area contributed by atoms with Gasteiger partial charge in [-0.1, -0.05) is 0 Å². The van der Waals surface area contributed by atoms with E-state index in [0.29, 0.717) is 19.6 Å². The van der Waals surface area contributed by atoms with Crippen molar-refractivity contribution in [1.82, 2.24) is 5.32 Å². The lowest BCUT2D eigenvalue weighted by molar-refractivity contribution is 0.0867. The average molecular weight is 256 g/mol. The Morgan fingerprint density at radius 3 is 2.83 bits per heavy atom. The van der Waals surface area contributed by atoms with Crippen molar-refractivity contribution >= 4 is 11.6 Å². The summed E-state index contributed by atoms with van der Waals surface area (Å²) in [6.07, 6.45) is 0.622. The van der Waals surface area contributed by atoms with Gasteiger partial charge in [-0.15, -0.1) is 0 Å². The van der Waals surface area contributed by atoms with Gasteiger partial charge in [0, 0.05) is 24.4 Å². The van der Waals surface area contributed by atoms with Crippen LogP contribution in [0.15, 0.2) is 18.2 Å². The van der Waals surface area contributed by atoms with Gasteiger partial charge in [-0.2, -0.15) is 0 Å². The van der Waals surface area contributed by atoms with Crippen molar-refractivity contribution in [2.24, 2.45) is 0 Å². The van der Waals surface area contributed by atoms with Crippen LogP contribution in [0.1, 0.15) is 16.8 Å². The van der Waals surface area contributed by atoms with E-state index in [0.717, 1.165) is 12.1 Å². The zero-order chi connectivity index (χ0) is 13.4. The smallest absolute Gasteiger partial charge is 0.251 e. The minimum atomic E-state index is -0.536. The van der Waals surface area contributed by atoms with E-state index in [1.54, 1.807) is 0 Å². The van der Waals surface area contributed by atoms with Crippen LogP contribution in [0, 0.1) is 5.82 Å². The number of rotatable bonds is 7. The summed E-state index contributed by atoms with van der Waals surface area (Å²) in [5, 5.41) is 11.1. The second-order valence-corrected chi connectivity index (χ2v) is 3.72.